The molecule has 1 N–H and O–H groups in total. The Labute approximate surface area is 165 Å². The van der Waals surface area contributed by atoms with Crippen LogP contribution >= 0.6 is 11.8 Å². The van der Waals surface area contributed by atoms with Crippen LogP contribution in [0.25, 0.3) is 0 Å². The number of hydrogen-bond donors (Lipinski definition) is 1. The molecular formula is C19H25N3O3S2. The molecule has 0 spiro atoms. The smallest absolute Gasteiger partial charge is 0.244 e. The van der Waals surface area contributed by atoms with E-state index in [0.717, 1.165) is 5.56 Å². The summed E-state index contributed by atoms with van der Waals surface area (Å²) in [4.78, 5) is 16.6. The molecule has 0 fully saturated rings. The standard InChI is InChI=1S/C19H25N3O3S2/c1-4-22(5-2)27(24,25)17-11-12-18(20-14-17)26-15(3)19(23)21-13-16-9-7-6-8-10-16/h6-12,14-15H,4-5,13H2,1-3H3,(H,21,23). The van der Waals surface area contributed by atoms with Crippen LogP contribution in [0.3, 0.4) is 0 Å². The van der Waals surface area contributed by atoms with Gasteiger partial charge in [-0.25, -0.2) is 13.4 Å². The van der Waals surface area contributed by atoms with Crippen molar-refractivity contribution < 1.29 is 13.2 Å². The summed E-state index contributed by atoms with van der Waals surface area (Å²) in [5.41, 5.74) is 1.03. The first-order valence-electron chi connectivity index (χ1n) is 8.83. The third-order valence-electron chi connectivity index (χ3n) is 4.03. The third kappa shape index (κ3) is 5.79. The molecule has 0 aliphatic heterocycles. The van der Waals surface area contributed by atoms with Crippen LogP contribution < -0.4 is 5.32 Å². The zero-order valence-corrected chi connectivity index (χ0v) is 17.4. The summed E-state index contributed by atoms with van der Waals surface area (Å²) in [6, 6.07) is 12.9. The van der Waals surface area contributed by atoms with Crippen molar-refractivity contribution >= 4 is 27.7 Å². The number of pyridine rings is 1. The Kier molecular flexibility index (Phi) is 7.82. The highest BCUT2D eigenvalue weighted by Gasteiger charge is 2.22. The predicted octanol–water partition coefficient (Wildman–Crippen LogP) is 2.91. The molecule has 6 nitrogen and oxygen atoms in total. The maximum atomic E-state index is 12.5. The summed E-state index contributed by atoms with van der Waals surface area (Å²) in [6.45, 7) is 6.69. The lowest BCUT2D eigenvalue weighted by molar-refractivity contribution is -0.120. The van der Waals surface area contributed by atoms with Crippen LogP contribution in [0, 0.1) is 0 Å². The minimum absolute atomic E-state index is 0.0921. The van der Waals surface area contributed by atoms with E-state index in [9.17, 15) is 13.2 Å². The second-order valence-corrected chi connectivity index (χ2v) is 9.18. The fourth-order valence-electron chi connectivity index (χ4n) is 2.47. The molecule has 1 aromatic carbocycles. The van der Waals surface area contributed by atoms with Gasteiger partial charge >= 0.3 is 0 Å². The molecule has 27 heavy (non-hydrogen) atoms. The Morgan fingerprint density at radius 1 is 1.15 bits per heavy atom. The number of benzene rings is 1. The first-order chi connectivity index (χ1) is 12.9. The third-order valence-corrected chi connectivity index (χ3v) is 7.11. The number of carbonyl (C=O) groups excluding carboxylic acids is 1. The number of rotatable bonds is 9. The minimum atomic E-state index is -3.52. The van der Waals surface area contributed by atoms with E-state index in [1.54, 1.807) is 26.8 Å². The summed E-state index contributed by atoms with van der Waals surface area (Å²) < 4.78 is 26.3. The molecule has 1 amide bonds. The minimum Gasteiger partial charge on any atom is -0.351 e. The zero-order valence-electron chi connectivity index (χ0n) is 15.8. The Bertz CT molecular complexity index is 836. The summed E-state index contributed by atoms with van der Waals surface area (Å²) in [7, 11) is -3.52. The van der Waals surface area contributed by atoms with Crippen molar-refractivity contribution in [3.8, 4) is 0 Å². The van der Waals surface area contributed by atoms with Gasteiger partial charge in [0.2, 0.25) is 15.9 Å². The molecule has 1 unspecified atom stereocenters. The SMILES string of the molecule is CCN(CC)S(=O)(=O)c1ccc(SC(C)C(=O)NCc2ccccc2)nc1. The van der Waals surface area contributed by atoms with Gasteiger partial charge in [-0.3, -0.25) is 4.79 Å². The fraction of sp³-hybridized carbons (Fsp3) is 0.368. The Hall–Kier alpha value is -1.90. The van der Waals surface area contributed by atoms with Crippen molar-refractivity contribution in [1.82, 2.24) is 14.6 Å². The van der Waals surface area contributed by atoms with Crippen molar-refractivity contribution in [3.63, 3.8) is 0 Å². The van der Waals surface area contributed by atoms with E-state index in [0.29, 0.717) is 24.7 Å². The van der Waals surface area contributed by atoms with E-state index in [4.69, 9.17) is 0 Å². The van der Waals surface area contributed by atoms with Gasteiger partial charge in [-0.2, -0.15) is 4.31 Å². The quantitative estimate of drug-likeness (QED) is 0.647. The van der Waals surface area contributed by atoms with E-state index in [1.807, 2.05) is 30.3 Å². The van der Waals surface area contributed by atoms with Crippen LogP contribution in [0.4, 0.5) is 0 Å². The van der Waals surface area contributed by atoms with Gasteiger partial charge in [-0.1, -0.05) is 55.9 Å². The normalized spacial score (nSPS) is 12.7. The first kappa shape index (κ1) is 21.4. The van der Waals surface area contributed by atoms with Crippen LogP contribution in [-0.4, -0.2) is 42.0 Å². The van der Waals surface area contributed by atoms with Gasteiger partial charge in [-0.05, 0) is 24.6 Å². The van der Waals surface area contributed by atoms with Gasteiger partial charge in [0, 0.05) is 25.8 Å². The molecule has 2 rings (SSSR count). The lowest BCUT2D eigenvalue weighted by Gasteiger charge is -2.18. The number of aromatic nitrogens is 1. The second kappa shape index (κ2) is 9.87. The van der Waals surface area contributed by atoms with Crippen LogP contribution in [0.5, 0.6) is 0 Å². The van der Waals surface area contributed by atoms with Gasteiger partial charge in [0.15, 0.2) is 0 Å². The average molecular weight is 408 g/mol. The van der Waals surface area contributed by atoms with Crippen LogP contribution in [0.15, 0.2) is 58.6 Å². The van der Waals surface area contributed by atoms with Crippen LogP contribution in [0.1, 0.15) is 26.3 Å². The van der Waals surface area contributed by atoms with Gasteiger partial charge < -0.3 is 5.32 Å². The van der Waals surface area contributed by atoms with Crippen LogP contribution in [-0.2, 0) is 21.4 Å². The highest BCUT2D eigenvalue weighted by molar-refractivity contribution is 8.00. The Balaban J connectivity index is 1.96. The fourth-order valence-corrected chi connectivity index (χ4v) is 4.68. The molecule has 1 atom stereocenters. The maximum absolute atomic E-state index is 12.5. The Morgan fingerprint density at radius 2 is 1.81 bits per heavy atom. The lowest BCUT2D eigenvalue weighted by Crippen LogP contribution is -2.31. The summed E-state index contributed by atoms with van der Waals surface area (Å²) >= 11 is 1.29. The number of sulfonamides is 1. The van der Waals surface area contributed by atoms with Gasteiger partial charge in [0.1, 0.15) is 4.90 Å². The number of hydrogen-bond acceptors (Lipinski definition) is 5. The van der Waals surface area contributed by atoms with Crippen molar-refractivity contribution in [1.29, 1.82) is 0 Å². The molecule has 1 aromatic heterocycles. The zero-order chi connectivity index (χ0) is 19.9. The van der Waals surface area contributed by atoms with Crippen molar-refractivity contribution in [2.75, 3.05) is 13.1 Å². The monoisotopic (exact) mass is 407 g/mol. The molecule has 2 aromatic rings. The molecule has 1 heterocycles. The molecule has 0 aliphatic carbocycles. The highest BCUT2D eigenvalue weighted by atomic mass is 32.2. The molecule has 0 saturated heterocycles. The Morgan fingerprint density at radius 3 is 2.37 bits per heavy atom. The summed E-state index contributed by atoms with van der Waals surface area (Å²) in [5, 5.41) is 3.16. The topological polar surface area (TPSA) is 79.4 Å². The summed E-state index contributed by atoms with van der Waals surface area (Å²) in [5.74, 6) is -0.0921. The van der Waals surface area contributed by atoms with Crippen molar-refractivity contribution in [2.45, 2.75) is 42.5 Å². The number of nitrogens with zero attached hydrogens (tertiary/aromatic N) is 2. The van der Waals surface area contributed by atoms with Gasteiger partial charge in [-0.15, -0.1) is 0 Å². The van der Waals surface area contributed by atoms with E-state index < -0.39 is 10.0 Å². The van der Waals surface area contributed by atoms with Crippen molar-refractivity contribution in [3.05, 3.63) is 54.2 Å². The molecule has 8 heteroatoms. The van der Waals surface area contributed by atoms with E-state index >= 15 is 0 Å². The molecular weight excluding hydrogens is 382 g/mol. The van der Waals surface area contributed by atoms with E-state index in [1.165, 1.54) is 28.3 Å². The number of amides is 1. The largest absolute Gasteiger partial charge is 0.351 e. The summed E-state index contributed by atoms with van der Waals surface area (Å²) in [6.07, 6.45) is 1.35. The molecule has 0 bridgehead atoms. The highest BCUT2D eigenvalue weighted by Crippen LogP contribution is 2.23. The lowest BCUT2D eigenvalue weighted by atomic mass is 10.2. The molecule has 0 aliphatic rings. The molecule has 0 saturated carbocycles. The number of thioether (sulfide) groups is 1. The number of nitrogens with one attached hydrogen (secondary N) is 1. The number of carbonyl (C=O) groups is 1. The first-order valence-corrected chi connectivity index (χ1v) is 11.1. The average Bonchev–Trinajstić information content (AvgIpc) is 2.68. The molecule has 146 valence electrons. The van der Waals surface area contributed by atoms with E-state index in [-0.39, 0.29) is 16.1 Å². The van der Waals surface area contributed by atoms with Crippen LogP contribution in [0.2, 0.25) is 0 Å². The molecule has 0 radical (unpaired) electrons. The predicted molar refractivity (Wildman–Crippen MR) is 108 cm³/mol. The van der Waals surface area contributed by atoms with E-state index in [2.05, 4.69) is 10.3 Å². The maximum Gasteiger partial charge on any atom is 0.244 e. The van der Waals surface area contributed by atoms with Crippen molar-refractivity contribution in [2.24, 2.45) is 0 Å². The van der Waals surface area contributed by atoms with Gasteiger partial charge in [0.25, 0.3) is 0 Å². The van der Waals surface area contributed by atoms with Gasteiger partial charge in [0.05, 0.1) is 10.3 Å². The second-order valence-electron chi connectivity index (χ2n) is 5.88.